The van der Waals surface area contributed by atoms with Crippen LogP contribution in [0.15, 0.2) is 30.7 Å². The Labute approximate surface area is 107 Å². The summed E-state index contributed by atoms with van der Waals surface area (Å²) in [6, 6.07) is 5.82. The number of hydrogen-bond donors (Lipinski definition) is 1. The Morgan fingerprint density at radius 2 is 2.22 bits per heavy atom. The zero-order valence-electron chi connectivity index (χ0n) is 10.9. The highest BCUT2D eigenvalue weighted by Crippen LogP contribution is 2.26. The van der Waals surface area contributed by atoms with Crippen molar-refractivity contribution in [3.05, 3.63) is 47.5 Å². The average Bonchev–Trinajstić information content (AvgIpc) is 2.73. The molecule has 0 spiro atoms. The third-order valence-corrected chi connectivity index (χ3v) is 2.91. The van der Waals surface area contributed by atoms with Crippen molar-refractivity contribution in [1.82, 2.24) is 9.55 Å². The molecule has 2 aromatic rings. The number of aromatic nitrogens is 2. The summed E-state index contributed by atoms with van der Waals surface area (Å²) in [7, 11) is 1.93. The maximum Gasteiger partial charge on any atom is 0.130 e. The Morgan fingerprint density at radius 1 is 1.44 bits per heavy atom. The van der Waals surface area contributed by atoms with Crippen LogP contribution in [0.1, 0.15) is 29.8 Å². The molecular formula is C14H18N2O2. The van der Waals surface area contributed by atoms with Gasteiger partial charge in [0.25, 0.3) is 0 Å². The molecule has 0 saturated heterocycles. The molecule has 0 saturated carbocycles. The van der Waals surface area contributed by atoms with Crippen LogP contribution < -0.4 is 4.74 Å². The van der Waals surface area contributed by atoms with E-state index in [0.717, 1.165) is 22.6 Å². The number of nitrogens with zero attached hydrogens (tertiary/aromatic N) is 2. The molecule has 0 amide bonds. The fraction of sp³-hybridized carbons (Fsp3) is 0.357. The summed E-state index contributed by atoms with van der Waals surface area (Å²) in [5.41, 5.74) is 2.92. The van der Waals surface area contributed by atoms with Crippen molar-refractivity contribution in [2.75, 3.05) is 0 Å². The van der Waals surface area contributed by atoms with E-state index in [2.05, 4.69) is 4.98 Å². The number of rotatable bonds is 4. The van der Waals surface area contributed by atoms with Crippen molar-refractivity contribution >= 4 is 0 Å². The first-order valence-corrected chi connectivity index (χ1v) is 5.94. The number of benzene rings is 1. The lowest BCUT2D eigenvalue weighted by atomic mass is 10.1. The predicted octanol–water partition coefficient (Wildman–Crippen LogP) is 2.36. The molecule has 1 heterocycles. The minimum Gasteiger partial charge on any atom is -0.487 e. The van der Waals surface area contributed by atoms with Crippen LogP contribution >= 0.6 is 0 Å². The zero-order chi connectivity index (χ0) is 13.1. The summed E-state index contributed by atoms with van der Waals surface area (Å²) in [5.74, 6) is 0.719. The van der Waals surface area contributed by atoms with Crippen molar-refractivity contribution in [2.45, 2.75) is 26.6 Å². The van der Waals surface area contributed by atoms with Gasteiger partial charge in [-0.3, -0.25) is 0 Å². The van der Waals surface area contributed by atoms with E-state index in [1.807, 2.05) is 36.7 Å². The summed E-state index contributed by atoms with van der Waals surface area (Å²) in [4.78, 5) is 4.04. The van der Waals surface area contributed by atoms with Gasteiger partial charge in [-0.05, 0) is 26.0 Å². The van der Waals surface area contributed by atoms with E-state index in [1.54, 1.807) is 19.4 Å². The SMILES string of the molecule is Cc1ccc(OCc2cncn2C)c([C@H](C)O)c1. The van der Waals surface area contributed by atoms with Gasteiger partial charge in [0.2, 0.25) is 0 Å². The van der Waals surface area contributed by atoms with Gasteiger partial charge >= 0.3 is 0 Å². The number of aliphatic hydroxyl groups excluding tert-OH is 1. The normalized spacial score (nSPS) is 12.4. The van der Waals surface area contributed by atoms with Crippen LogP contribution in [-0.2, 0) is 13.7 Å². The lowest BCUT2D eigenvalue weighted by molar-refractivity contribution is 0.189. The molecule has 96 valence electrons. The fourth-order valence-electron chi connectivity index (χ4n) is 1.80. The Hall–Kier alpha value is -1.81. The number of hydrogen-bond acceptors (Lipinski definition) is 3. The number of aryl methyl sites for hydroxylation is 2. The lowest BCUT2D eigenvalue weighted by Gasteiger charge is -2.14. The first-order valence-electron chi connectivity index (χ1n) is 5.94. The molecule has 1 aromatic heterocycles. The zero-order valence-corrected chi connectivity index (χ0v) is 10.9. The summed E-state index contributed by atoms with van der Waals surface area (Å²) >= 11 is 0. The topological polar surface area (TPSA) is 47.3 Å². The molecular weight excluding hydrogens is 228 g/mol. The molecule has 18 heavy (non-hydrogen) atoms. The molecule has 4 heteroatoms. The quantitative estimate of drug-likeness (QED) is 0.900. The number of aliphatic hydroxyl groups is 1. The van der Waals surface area contributed by atoms with Gasteiger partial charge in [0.15, 0.2) is 0 Å². The van der Waals surface area contributed by atoms with Crippen LogP contribution in [0.25, 0.3) is 0 Å². The lowest BCUT2D eigenvalue weighted by Crippen LogP contribution is -2.04. The minimum atomic E-state index is -0.536. The van der Waals surface area contributed by atoms with Gasteiger partial charge in [-0.25, -0.2) is 4.98 Å². The maximum atomic E-state index is 9.74. The van der Waals surface area contributed by atoms with Gasteiger partial charge in [0, 0.05) is 12.6 Å². The van der Waals surface area contributed by atoms with E-state index in [9.17, 15) is 5.11 Å². The Balaban J connectivity index is 2.16. The van der Waals surface area contributed by atoms with Crippen molar-refractivity contribution in [3.63, 3.8) is 0 Å². The Kier molecular flexibility index (Phi) is 3.67. The molecule has 2 rings (SSSR count). The molecule has 0 aliphatic rings. The van der Waals surface area contributed by atoms with E-state index in [-0.39, 0.29) is 0 Å². The van der Waals surface area contributed by atoms with Gasteiger partial charge in [-0.2, -0.15) is 0 Å². The minimum absolute atomic E-state index is 0.444. The Morgan fingerprint density at radius 3 is 2.83 bits per heavy atom. The molecule has 0 aliphatic heterocycles. The van der Waals surface area contributed by atoms with Gasteiger partial charge in [-0.15, -0.1) is 0 Å². The van der Waals surface area contributed by atoms with Gasteiger partial charge in [0.05, 0.1) is 24.3 Å². The maximum absolute atomic E-state index is 9.74. The predicted molar refractivity (Wildman–Crippen MR) is 69.4 cm³/mol. The highest BCUT2D eigenvalue weighted by Gasteiger charge is 2.10. The van der Waals surface area contributed by atoms with Crippen LogP contribution in [0, 0.1) is 6.92 Å². The molecule has 0 bridgehead atoms. The van der Waals surface area contributed by atoms with Crippen LogP contribution in [0.2, 0.25) is 0 Å². The van der Waals surface area contributed by atoms with Gasteiger partial charge in [0.1, 0.15) is 12.4 Å². The highest BCUT2D eigenvalue weighted by atomic mass is 16.5. The van der Waals surface area contributed by atoms with E-state index < -0.39 is 6.10 Å². The summed E-state index contributed by atoms with van der Waals surface area (Å²) < 4.78 is 7.67. The van der Waals surface area contributed by atoms with Crippen molar-refractivity contribution < 1.29 is 9.84 Å². The fourth-order valence-corrected chi connectivity index (χ4v) is 1.80. The van der Waals surface area contributed by atoms with Crippen molar-refractivity contribution in [2.24, 2.45) is 7.05 Å². The summed E-state index contributed by atoms with van der Waals surface area (Å²) in [5, 5.41) is 9.74. The highest BCUT2D eigenvalue weighted by molar-refractivity contribution is 5.38. The third kappa shape index (κ3) is 2.71. The summed E-state index contributed by atoms with van der Waals surface area (Å²) in [6.45, 7) is 4.18. The second-order valence-corrected chi connectivity index (χ2v) is 4.50. The molecule has 4 nitrogen and oxygen atoms in total. The molecule has 0 fully saturated rings. The standard InChI is InChI=1S/C14H18N2O2/c1-10-4-5-14(13(6-10)11(2)17)18-8-12-7-15-9-16(12)3/h4-7,9,11,17H,8H2,1-3H3/t11-/m0/s1. The average molecular weight is 246 g/mol. The number of ether oxygens (including phenoxy) is 1. The molecule has 1 atom stereocenters. The third-order valence-electron chi connectivity index (χ3n) is 2.91. The summed E-state index contributed by atoms with van der Waals surface area (Å²) in [6.07, 6.45) is 2.98. The smallest absolute Gasteiger partial charge is 0.130 e. The van der Waals surface area contributed by atoms with E-state index >= 15 is 0 Å². The van der Waals surface area contributed by atoms with Gasteiger partial charge < -0.3 is 14.4 Å². The largest absolute Gasteiger partial charge is 0.487 e. The first kappa shape index (κ1) is 12.6. The van der Waals surface area contributed by atoms with Crippen LogP contribution in [0.5, 0.6) is 5.75 Å². The second kappa shape index (κ2) is 5.23. The van der Waals surface area contributed by atoms with E-state index in [4.69, 9.17) is 4.74 Å². The van der Waals surface area contributed by atoms with Crippen molar-refractivity contribution in [1.29, 1.82) is 0 Å². The van der Waals surface area contributed by atoms with Crippen molar-refractivity contribution in [3.8, 4) is 5.75 Å². The Bertz CT molecular complexity index is 532. The molecule has 0 radical (unpaired) electrons. The van der Waals surface area contributed by atoms with Crippen LogP contribution in [0.4, 0.5) is 0 Å². The second-order valence-electron chi connectivity index (χ2n) is 4.50. The van der Waals surface area contributed by atoms with Gasteiger partial charge in [-0.1, -0.05) is 11.6 Å². The van der Waals surface area contributed by atoms with Crippen LogP contribution in [-0.4, -0.2) is 14.7 Å². The van der Waals surface area contributed by atoms with Crippen LogP contribution in [0.3, 0.4) is 0 Å². The molecule has 1 N–H and O–H groups in total. The first-order chi connectivity index (χ1) is 8.58. The monoisotopic (exact) mass is 246 g/mol. The number of imidazole rings is 1. The molecule has 0 aliphatic carbocycles. The molecule has 0 unspecified atom stereocenters. The van der Waals surface area contributed by atoms with E-state index in [0.29, 0.717) is 6.61 Å². The van der Waals surface area contributed by atoms with E-state index in [1.165, 1.54) is 0 Å². The molecule has 1 aromatic carbocycles.